The monoisotopic (exact) mass is 376 g/mol. The Balaban J connectivity index is 0.00000288. The third-order valence-electron chi connectivity index (χ3n) is 4.12. The number of benzene rings is 1. The maximum absolute atomic E-state index is 12.9. The molecule has 0 radical (unpaired) electrons. The van der Waals surface area contributed by atoms with Crippen molar-refractivity contribution < 1.29 is 13.2 Å². The Morgan fingerprint density at radius 1 is 1.38 bits per heavy atom. The highest BCUT2D eigenvalue weighted by Crippen LogP contribution is 2.27. The Hall–Kier alpha value is -0.820. The van der Waals surface area contributed by atoms with E-state index in [0.717, 1.165) is 30.7 Å². The molecule has 1 saturated heterocycles. The highest BCUT2D eigenvalue weighted by atomic mass is 35.5. The van der Waals surface area contributed by atoms with Gasteiger partial charge >= 0.3 is 0 Å². The molecule has 0 aliphatic carbocycles. The normalized spacial score (nSPS) is 19.1. The fourth-order valence-electron chi connectivity index (χ4n) is 3.02. The summed E-state index contributed by atoms with van der Waals surface area (Å²) in [6.07, 6.45) is 2.06. The number of sulfonamides is 1. The number of nitrogens with one attached hydrogen (secondary N) is 1. The lowest BCUT2D eigenvalue weighted by Gasteiger charge is -2.32. The molecule has 0 bridgehead atoms. The van der Waals surface area contributed by atoms with Crippen molar-refractivity contribution in [1.82, 2.24) is 9.62 Å². The zero-order chi connectivity index (χ0) is 17.0. The third-order valence-corrected chi connectivity index (χ3v) is 5.98. The van der Waals surface area contributed by atoms with Gasteiger partial charge in [-0.3, -0.25) is 0 Å². The first-order valence-electron chi connectivity index (χ1n) is 8.26. The van der Waals surface area contributed by atoms with Gasteiger partial charge in [0.15, 0.2) is 0 Å². The zero-order valence-electron chi connectivity index (χ0n) is 14.9. The largest absolute Gasteiger partial charge is 0.491 e. The molecule has 1 aliphatic rings. The number of rotatable bonds is 6. The number of piperidine rings is 1. The number of hydrogen-bond acceptors (Lipinski definition) is 4. The lowest BCUT2D eigenvalue weighted by Crippen LogP contribution is -2.42. The summed E-state index contributed by atoms with van der Waals surface area (Å²) < 4.78 is 33.1. The Kier molecular flexibility index (Phi) is 7.99. The maximum Gasteiger partial charge on any atom is 0.243 e. The number of aryl methyl sites for hydroxylation is 1. The van der Waals surface area contributed by atoms with Crippen LogP contribution in [0.1, 0.15) is 32.3 Å². The summed E-state index contributed by atoms with van der Waals surface area (Å²) in [5, 5.41) is 3.15. The molecule has 24 heavy (non-hydrogen) atoms. The first-order valence-corrected chi connectivity index (χ1v) is 9.70. The molecule has 1 aromatic carbocycles. The summed E-state index contributed by atoms with van der Waals surface area (Å²) in [6, 6.07) is 5.13. The van der Waals surface area contributed by atoms with Crippen LogP contribution < -0.4 is 10.1 Å². The smallest absolute Gasteiger partial charge is 0.243 e. The standard InChI is InChI=1S/C17H28N2O3S.ClH/c1-13(2)22-17-8-7-16(10-14(17)3)23(20,21)19-9-5-6-15(12-19)11-18-4;/h7-8,10,13,15,18H,5-6,9,11-12H2,1-4H3;1H. The van der Waals surface area contributed by atoms with Crippen LogP contribution in [0.5, 0.6) is 5.75 Å². The molecule has 1 atom stereocenters. The molecule has 1 N–H and O–H groups in total. The van der Waals surface area contributed by atoms with Crippen LogP contribution >= 0.6 is 12.4 Å². The van der Waals surface area contributed by atoms with Gasteiger partial charge in [0.25, 0.3) is 0 Å². The fraction of sp³-hybridized carbons (Fsp3) is 0.647. The second-order valence-electron chi connectivity index (χ2n) is 6.52. The molecule has 1 heterocycles. The Labute approximate surface area is 152 Å². The number of ether oxygens (including phenoxy) is 1. The van der Waals surface area contributed by atoms with Gasteiger partial charge in [-0.05, 0) is 76.9 Å². The molecular formula is C17H29ClN2O3S. The van der Waals surface area contributed by atoms with Crippen molar-refractivity contribution in [2.24, 2.45) is 5.92 Å². The molecule has 0 spiro atoms. The van der Waals surface area contributed by atoms with E-state index < -0.39 is 10.0 Å². The van der Waals surface area contributed by atoms with E-state index in [1.807, 2.05) is 27.8 Å². The van der Waals surface area contributed by atoms with E-state index in [1.165, 1.54) is 0 Å². The van der Waals surface area contributed by atoms with E-state index in [0.29, 0.717) is 23.9 Å². The van der Waals surface area contributed by atoms with Crippen molar-refractivity contribution in [2.45, 2.75) is 44.6 Å². The Morgan fingerprint density at radius 2 is 2.08 bits per heavy atom. The van der Waals surface area contributed by atoms with E-state index in [1.54, 1.807) is 22.5 Å². The average molecular weight is 377 g/mol. The van der Waals surface area contributed by atoms with Crippen molar-refractivity contribution >= 4 is 22.4 Å². The predicted octanol–water partition coefficient (Wildman–Crippen LogP) is 2.82. The lowest BCUT2D eigenvalue weighted by molar-refractivity contribution is 0.240. The molecule has 1 aromatic rings. The summed E-state index contributed by atoms with van der Waals surface area (Å²) >= 11 is 0. The molecule has 138 valence electrons. The van der Waals surface area contributed by atoms with Crippen LogP contribution in [0.25, 0.3) is 0 Å². The van der Waals surface area contributed by atoms with Gasteiger partial charge in [0.2, 0.25) is 10.0 Å². The van der Waals surface area contributed by atoms with Gasteiger partial charge in [-0.2, -0.15) is 4.31 Å². The molecular weight excluding hydrogens is 348 g/mol. The summed E-state index contributed by atoms with van der Waals surface area (Å²) in [7, 11) is -1.52. The van der Waals surface area contributed by atoms with Gasteiger partial charge in [0.05, 0.1) is 11.0 Å². The van der Waals surface area contributed by atoms with Gasteiger partial charge < -0.3 is 10.1 Å². The number of hydrogen-bond donors (Lipinski definition) is 1. The minimum Gasteiger partial charge on any atom is -0.491 e. The van der Waals surface area contributed by atoms with Crippen LogP contribution in [0, 0.1) is 12.8 Å². The molecule has 1 fully saturated rings. The summed E-state index contributed by atoms with van der Waals surface area (Å²) in [6.45, 7) is 7.85. The molecule has 0 aromatic heterocycles. The molecule has 2 rings (SSSR count). The zero-order valence-corrected chi connectivity index (χ0v) is 16.5. The molecule has 1 unspecified atom stereocenters. The van der Waals surface area contributed by atoms with Gasteiger partial charge in [-0.1, -0.05) is 0 Å². The third kappa shape index (κ3) is 5.09. The molecule has 0 saturated carbocycles. The summed E-state index contributed by atoms with van der Waals surface area (Å²) in [5.74, 6) is 1.12. The molecule has 0 amide bonds. The van der Waals surface area contributed by atoms with Gasteiger partial charge in [0, 0.05) is 13.1 Å². The van der Waals surface area contributed by atoms with E-state index >= 15 is 0 Å². The van der Waals surface area contributed by atoms with Crippen molar-refractivity contribution in [3.8, 4) is 5.75 Å². The quantitative estimate of drug-likeness (QED) is 0.829. The van der Waals surface area contributed by atoms with Gasteiger partial charge in [-0.15, -0.1) is 12.4 Å². The summed E-state index contributed by atoms with van der Waals surface area (Å²) in [4.78, 5) is 0.358. The van der Waals surface area contributed by atoms with Crippen LogP contribution in [0.4, 0.5) is 0 Å². The SMILES string of the molecule is CNCC1CCCN(S(=O)(=O)c2ccc(OC(C)C)c(C)c2)C1.Cl. The Morgan fingerprint density at radius 3 is 2.67 bits per heavy atom. The average Bonchev–Trinajstić information content (AvgIpc) is 2.49. The highest BCUT2D eigenvalue weighted by molar-refractivity contribution is 7.89. The van der Waals surface area contributed by atoms with Crippen LogP contribution in [0.15, 0.2) is 23.1 Å². The van der Waals surface area contributed by atoms with Crippen LogP contribution in [0.3, 0.4) is 0 Å². The number of halogens is 1. The minimum absolute atomic E-state index is 0. The topological polar surface area (TPSA) is 58.6 Å². The fourth-order valence-corrected chi connectivity index (χ4v) is 4.66. The van der Waals surface area contributed by atoms with Crippen LogP contribution in [0.2, 0.25) is 0 Å². The van der Waals surface area contributed by atoms with E-state index in [2.05, 4.69) is 5.32 Å². The lowest BCUT2D eigenvalue weighted by atomic mass is 10.00. The van der Waals surface area contributed by atoms with Crippen molar-refractivity contribution in [1.29, 1.82) is 0 Å². The second kappa shape index (κ2) is 9.04. The minimum atomic E-state index is -3.43. The molecule has 1 aliphatic heterocycles. The van der Waals surface area contributed by atoms with Crippen LogP contribution in [-0.2, 0) is 10.0 Å². The van der Waals surface area contributed by atoms with E-state index in [-0.39, 0.29) is 18.5 Å². The van der Waals surface area contributed by atoms with Gasteiger partial charge in [0.1, 0.15) is 5.75 Å². The number of nitrogens with zero attached hydrogens (tertiary/aromatic N) is 1. The van der Waals surface area contributed by atoms with Crippen LogP contribution in [-0.4, -0.2) is 45.5 Å². The predicted molar refractivity (Wildman–Crippen MR) is 99.6 cm³/mol. The second-order valence-corrected chi connectivity index (χ2v) is 8.46. The van der Waals surface area contributed by atoms with Crippen molar-refractivity contribution in [2.75, 3.05) is 26.7 Å². The molecule has 7 heteroatoms. The highest BCUT2D eigenvalue weighted by Gasteiger charge is 2.30. The van der Waals surface area contributed by atoms with Crippen molar-refractivity contribution in [3.63, 3.8) is 0 Å². The first-order chi connectivity index (χ1) is 10.8. The summed E-state index contributed by atoms with van der Waals surface area (Å²) in [5.41, 5.74) is 0.851. The van der Waals surface area contributed by atoms with Gasteiger partial charge in [-0.25, -0.2) is 8.42 Å². The van der Waals surface area contributed by atoms with Crippen molar-refractivity contribution in [3.05, 3.63) is 23.8 Å². The molecule has 5 nitrogen and oxygen atoms in total. The first kappa shape index (κ1) is 21.2. The van der Waals surface area contributed by atoms with E-state index in [4.69, 9.17) is 4.74 Å². The van der Waals surface area contributed by atoms with E-state index in [9.17, 15) is 8.42 Å². The maximum atomic E-state index is 12.9. The Bertz CT molecular complexity index is 633.